The van der Waals surface area contributed by atoms with Gasteiger partial charge < -0.3 is 20.1 Å². The average Bonchev–Trinajstić information content (AvgIpc) is 2.45. The standard InChI is InChI=1S/C16H32N2O3/c1-4-17-16(2,15(19)20)9-5-6-10-18(3)12-14-8-7-11-21-13-14/h14,17H,4-13H2,1-3H3,(H,19,20). The Hall–Kier alpha value is -0.650. The van der Waals surface area contributed by atoms with Crippen molar-refractivity contribution in [1.29, 1.82) is 0 Å². The van der Waals surface area contributed by atoms with Gasteiger partial charge in [-0.25, -0.2) is 0 Å². The van der Waals surface area contributed by atoms with Gasteiger partial charge in [0.2, 0.25) is 0 Å². The van der Waals surface area contributed by atoms with Crippen molar-refractivity contribution in [3.8, 4) is 0 Å². The van der Waals surface area contributed by atoms with Crippen molar-refractivity contribution in [2.45, 2.75) is 51.5 Å². The third-order valence-electron chi connectivity index (χ3n) is 4.33. The van der Waals surface area contributed by atoms with Crippen molar-refractivity contribution in [2.75, 3.05) is 39.9 Å². The summed E-state index contributed by atoms with van der Waals surface area (Å²) < 4.78 is 5.51. The zero-order valence-electron chi connectivity index (χ0n) is 13.9. The van der Waals surface area contributed by atoms with E-state index in [2.05, 4.69) is 17.3 Å². The summed E-state index contributed by atoms with van der Waals surface area (Å²) in [7, 11) is 2.15. The van der Waals surface area contributed by atoms with Crippen LogP contribution in [0.5, 0.6) is 0 Å². The summed E-state index contributed by atoms with van der Waals surface area (Å²) in [5, 5.41) is 12.4. The van der Waals surface area contributed by atoms with Crippen LogP contribution in [0.4, 0.5) is 0 Å². The summed E-state index contributed by atoms with van der Waals surface area (Å²) in [4.78, 5) is 13.7. The van der Waals surface area contributed by atoms with E-state index in [1.807, 2.05) is 6.92 Å². The van der Waals surface area contributed by atoms with Gasteiger partial charge in [0, 0.05) is 13.2 Å². The molecule has 124 valence electrons. The van der Waals surface area contributed by atoms with Gasteiger partial charge in [-0.2, -0.15) is 0 Å². The lowest BCUT2D eigenvalue weighted by Crippen LogP contribution is -2.49. The molecule has 0 saturated carbocycles. The maximum absolute atomic E-state index is 11.3. The van der Waals surface area contributed by atoms with Crippen molar-refractivity contribution in [3.63, 3.8) is 0 Å². The number of nitrogens with one attached hydrogen (secondary N) is 1. The van der Waals surface area contributed by atoms with Crippen LogP contribution in [-0.4, -0.2) is 61.4 Å². The molecule has 0 spiro atoms. The molecule has 1 saturated heterocycles. The molecule has 1 heterocycles. The minimum atomic E-state index is -0.787. The highest BCUT2D eigenvalue weighted by Gasteiger charge is 2.31. The molecular weight excluding hydrogens is 268 g/mol. The maximum atomic E-state index is 11.3. The molecule has 2 unspecified atom stereocenters. The Morgan fingerprint density at radius 1 is 1.48 bits per heavy atom. The van der Waals surface area contributed by atoms with E-state index in [1.165, 1.54) is 12.8 Å². The maximum Gasteiger partial charge on any atom is 0.323 e. The fourth-order valence-electron chi connectivity index (χ4n) is 3.00. The molecule has 1 rings (SSSR count). The number of aliphatic carboxylic acids is 1. The first kappa shape index (κ1) is 18.4. The zero-order chi connectivity index (χ0) is 15.7. The van der Waals surface area contributed by atoms with Crippen molar-refractivity contribution >= 4 is 5.97 Å². The van der Waals surface area contributed by atoms with Gasteiger partial charge in [-0.05, 0) is 65.1 Å². The molecule has 2 atom stereocenters. The van der Waals surface area contributed by atoms with Crippen LogP contribution < -0.4 is 5.32 Å². The highest BCUT2D eigenvalue weighted by Crippen LogP contribution is 2.16. The Morgan fingerprint density at radius 3 is 2.81 bits per heavy atom. The first-order chi connectivity index (χ1) is 9.98. The molecule has 0 bridgehead atoms. The molecule has 5 nitrogen and oxygen atoms in total. The third-order valence-corrected chi connectivity index (χ3v) is 4.33. The Bertz CT molecular complexity index is 306. The summed E-state index contributed by atoms with van der Waals surface area (Å²) in [6.07, 6.45) is 5.09. The second kappa shape index (κ2) is 9.38. The Balaban J connectivity index is 2.18. The topological polar surface area (TPSA) is 61.8 Å². The fourth-order valence-corrected chi connectivity index (χ4v) is 3.00. The number of unbranched alkanes of at least 4 members (excludes halogenated alkanes) is 1. The Kier molecular flexibility index (Phi) is 8.22. The molecule has 1 aliphatic rings. The summed E-state index contributed by atoms with van der Waals surface area (Å²) in [6.45, 7) is 8.33. The molecule has 0 aromatic heterocycles. The van der Waals surface area contributed by atoms with E-state index in [4.69, 9.17) is 4.74 Å². The van der Waals surface area contributed by atoms with Crippen LogP contribution >= 0.6 is 0 Å². The number of rotatable bonds is 10. The van der Waals surface area contributed by atoms with E-state index in [-0.39, 0.29) is 0 Å². The van der Waals surface area contributed by atoms with Crippen molar-refractivity contribution in [3.05, 3.63) is 0 Å². The van der Waals surface area contributed by atoms with Gasteiger partial charge in [0.05, 0.1) is 6.61 Å². The van der Waals surface area contributed by atoms with Crippen molar-refractivity contribution < 1.29 is 14.6 Å². The molecule has 0 amide bonds. The molecule has 1 fully saturated rings. The molecule has 0 aromatic rings. The number of ether oxygens (including phenoxy) is 1. The minimum absolute atomic E-state index is 0.662. The predicted molar refractivity (Wildman–Crippen MR) is 84.6 cm³/mol. The molecule has 5 heteroatoms. The average molecular weight is 300 g/mol. The molecule has 0 aromatic carbocycles. The molecule has 0 radical (unpaired) electrons. The van der Waals surface area contributed by atoms with Crippen LogP contribution in [0.25, 0.3) is 0 Å². The highest BCUT2D eigenvalue weighted by molar-refractivity contribution is 5.78. The van der Waals surface area contributed by atoms with Crippen LogP contribution in [0.1, 0.15) is 46.0 Å². The first-order valence-electron chi connectivity index (χ1n) is 8.22. The number of likely N-dealkylation sites (N-methyl/N-ethyl adjacent to an activating group) is 1. The number of hydrogen-bond acceptors (Lipinski definition) is 4. The van der Waals surface area contributed by atoms with Crippen LogP contribution in [0.2, 0.25) is 0 Å². The molecule has 2 N–H and O–H groups in total. The lowest BCUT2D eigenvalue weighted by atomic mass is 9.94. The van der Waals surface area contributed by atoms with Gasteiger partial charge >= 0.3 is 5.97 Å². The Morgan fingerprint density at radius 2 is 2.24 bits per heavy atom. The monoisotopic (exact) mass is 300 g/mol. The van der Waals surface area contributed by atoms with E-state index < -0.39 is 11.5 Å². The SMILES string of the molecule is CCNC(C)(CCCCN(C)CC1CCCOC1)C(=O)O. The third kappa shape index (κ3) is 6.76. The van der Waals surface area contributed by atoms with Crippen LogP contribution in [0, 0.1) is 5.92 Å². The van der Waals surface area contributed by atoms with Gasteiger partial charge in [-0.15, -0.1) is 0 Å². The predicted octanol–water partition coefficient (Wildman–Crippen LogP) is 1.97. The van der Waals surface area contributed by atoms with E-state index in [0.29, 0.717) is 18.9 Å². The second-order valence-electron chi connectivity index (χ2n) is 6.47. The van der Waals surface area contributed by atoms with Crippen LogP contribution in [0.15, 0.2) is 0 Å². The number of carbonyl (C=O) groups is 1. The number of carboxylic acids is 1. The summed E-state index contributed by atoms with van der Waals surface area (Å²) in [5.74, 6) is -0.0909. The van der Waals surface area contributed by atoms with Gasteiger partial charge in [-0.1, -0.05) is 6.92 Å². The molecule has 1 aliphatic heterocycles. The summed E-state index contributed by atoms with van der Waals surface area (Å²) >= 11 is 0. The lowest BCUT2D eigenvalue weighted by Gasteiger charge is -2.28. The van der Waals surface area contributed by atoms with E-state index in [1.54, 1.807) is 6.92 Å². The first-order valence-corrected chi connectivity index (χ1v) is 8.22. The normalized spacial score (nSPS) is 22.2. The highest BCUT2D eigenvalue weighted by atomic mass is 16.5. The van der Waals surface area contributed by atoms with Crippen LogP contribution in [0.3, 0.4) is 0 Å². The van der Waals surface area contributed by atoms with E-state index in [9.17, 15) is 9.90 Å². The smallest absolute Gasteiger partial charge is 0.323 e. The number of carboxylic acid groups (broad SMARTS) is 1. The number of hydrogen-bond donors (Lipinski definition) is 2. The van der Waals surface area contributed by atoms with Gasteiger partial charge in [0.1, 0.15) is 5.54 Å². The summed E-state index contributed by atoms with van der Waals surface area (Å²) in [6, 6.07) is 0. The lowest BCUT2D eigenvalue weighted by molar-refractivity contribution is -0.144. The van der Waals surface area contributed by atoms with Crippen LogP contribution in [-0.2, 0) is 9.53 Å². The van der Waals surface area contributed by atoms with Crippen molar-refractivity contribution in [1.82, 2.24) is 10.2 Å². The summed E-state index contributed by atoms with van der Waals surface area (Å²) in [5.41, 5.74) is -0.787. The molecule has 21 heavy (non-hydrogen) atoms. The molecule has 0 aliphatic carbocycles. The molecular formula is C16H32N2O3. The van der Waals surface area contributed by atoms with Gasteiger partial charge in [0.25, 0.3) is 0 Å². The Labute approximate surface area is 129 Å². The zero-order valence-corrected chi connectivity index (χ0v) is 13.9. The van der Waals surface area contributed by atoms with Gasteiger partial charge in [0.15, 0.2) is 0 Å². The minimum Gasteiger partial charge on any atom is -0.480 e. The fraction of sp³-hybridized carbons (Fsp3) is 0.938. The largest absolute Gasteiger partial charge is 0.480 e. The van der Waals surface area contributed by atoms with Crippen molar-refractivity contribution in [2.24, 2.45) is 5.92 Å². The quantitative estimate of drug-likeness (QED) is 0.604. The number of nitrogens with zero attached hydrogens (tertiary/aromatic N) is 1. The van der Waals surface area contributed by atoms with E-state index in [0.717, 1.165) is 39.1 Å². The van der Waals surface area contributed by atoms with Gasteiger partial charge in [-0.3, -0.25) is 4.79 Å². The van der Waals surface area contributed by atoms with E-state index >= 15 is 0 Å². The second-order valence-corrected chi connectivity index (χ2v) is 6.47.